The molecule has 0 aliphatic carbocycles. The van der Waals surface area contributed by atoms with Crippen LogP contribution >= 0.6 is 0 Å². The molecule has 6 nitrogen and oxygen atoms in total. The van der Waals surface area contributed by atoms with Crippen LogP contribution in [0.5, 0.6) is 11.6 Å². The molecule has 0 aliphatic heterocycles. The number of aromatic nitrogens is 1. The van der Waals surface area contributed by atoms with Crippen molar-refractivity contribution in [2.45, 2.75) is 33.0 Å². The van der Waals surface area contributed by atoms with Crippen molar-refractivity contribution in [3.05, 3.63) is 53.7 Å². The van der Waals surface area contributed by atoms with Crippen LogP contribution in [0.4, 0.5) is 0 Å². The van der Waals surface area contributed by atoms with Crippen LogP contribution in [0.2, 0.25) is 0 Å². The lowest BCUT2D eigenvalue weighted by Gasteiger charge is -2.22. The van der Waals surface area contributed by atoms with Crippen LogP contribution in [0.15, 0.2) is 47.6 Å². The van der Waals surface area contributed by atoms with Gasteiger partial charge in [0.05, 0.1) is 13.2 Å². The predicted octanol–water partition coefficient (Wildman–Crippen LogP) is 3.08. The van der Waals surface area contributed by atoms with Gasteiger partial charge in [-0.2, -0.15) is 0 Å². The van der Waals surface area contributed by atoms with Gasteiger partial charge in [-0.1, -0.05) is 18.2 Å². The van der Waals surface area contributed by atoms with Crippen molar-refractivity contribution in [1.29, 1.82) is 0 Å². The van der Waals surface area contributed by atoms with Gasteiger partial charge < -0.3 is 19.7 Å². The topological polar surface area (TPSA) is 59.0 Å². The maximum atomic E-state index is 5.56. The Morgan fingerprint density at radius 2 is 1.85 bits per heavy atom. The first-order valence-electron chi connectivity index (χ1n) is 8.68. The lowest BCUT2D eigenvalue weighted by Crippen LogP contribution is -2.38. The average molecular weight is 356 g/mol. The molecule has 26 heavy (non-hydrogen) atoms. The highest BCUT2D eigenvalue weighted by Crippen LogP contribution is 2.13. The van der Waals surface area contributed by atoms with E-state index in [1.807, 2.05) is 51.4 Å². The lowest BCUT2D eigenvalue weighted by atomic mass is 10.2. The van der Waals surface area contributed by atoms with Crippen molar-refractivity contribution in [1.82, 2.24) is 15.2 Å². The van der Waals surface area contributed by atoms with Crippen molar-refractivity contribution in [2.24, 2.45) is 4.99 Å². The lowest BCUT2D eigenvalue weighted by molar-refractivity contribution is 0.232. The zero-order valence-corrected chi connectivity index (χ0v) is 16.2. The van der Waals surface area contributed by atoms with E-state index in [9.17, 15) is 0 Å². The highest BCUT2D eigenvalue weighted by molar-refractivity contribution is 5.79. The van der Waals surface area contributed by atoms with E-state index in [-0.39, 0.29) is 6.10 Å². The van der Waals surface area contributed by atoms with Crippen LogP contribution in [-0.4, -0.2) is 43.2 Å². The molecule has 0 spiro atoms. The average Bonchev–Trinajstić information content (AvgIpc) is 2.63. The predicted molar refractivity (Wildman–Crippen MR) is 105 cm³/mol. The molecular weight excluding hydrogens is 328 g/mol. The van der Waals surface area contributed by atoms with Gasteiger partial charge in [-0.25, -0.2) is 4.98 Å². The monoisotopic (exact) mass is 356 g/mol. The summed E-state index contributed by atoms with van der Waals surface area (Å²) >= 11 is 0. The molecule has 1 aromatic carbocycles. The minimum atomic E-state index is 0.122. The highest BCUT2D eigenvalue weighted by Gasteiger charge is 2.07. The molecule has 0 radical (unpaired) electrons. The number of pyridine rings is 1. The minimum absolute atomic E-state index is 0.122. The van der Waals surface area contributed by atoms with E-state index in [2.05, 4.69) is 32.3 Å². The second-order valence-electron chi connectivity index (χ2n) is 6.28. The van der Waals surface area contributed by atoms with E-state index in [0.29, 0.717) is 12.4 Å². The third kappa shape index (κ3) is 5.95. The number of methoxy groups -OCH3 is 1. The standard InChI is InChI=1S/C20H28N4O2/c1-15(2)26-19-11-8-17(12-22-19)13-23-20(21-3)24(4)14-16-6-9-18(25-5)10-7-16/h6-12,15H,13-14H2,1-5H3,(H,21,23). The van der Waals surface area contributed by atoms with Gasteiger partial charge >= 0.3 is 0 Å². The molecule has 0 amide bonds. The summed E-state index contributed by atoms with van der Waals surface area (Å²) in [6, 6.07) is 11.9. The van der Waals surface area contributed by atoms with E-state index in [1.165, 1.54) is 5.56 Å². The van der Waals surface area contributed by atoms with Gasteiger partial charge in [0, 0.05) is 39.4 Å². The van der Waals surface area contributed by atoms with Crippen LogP contribution in [0.25, 0.3) is 0 Å². The Bertz CT molecular complexity index is 697. The molecule has 0 atom stereocenters. The second-order valence-corrected chi connectivity index (χ2v) is 6.28. The summed E-state index contributed by atoms with van der Waals surface area (Å²) in [5.74, 6) is 2.32. The minimum Gasteiger partial charge on any atom is -0.497 e. The summed E-state index contributed by atoms with van der Waals surface area (Å²) in [6.07, 6.45) is 1.94. The molecule has 0 saturated carbocycles. The number of hydrogen-bond acceptors (Lipinski definition) is 4. The Labute approximate surface area is 155 Å². The molecule has 140 valence electrons. The summed E-state index contributed by atoms with van der Waals surface area (Å²) in [6.45, 7) is 5.37. The summed E-state index contributed by atoms with van der Waals surface area (Å²) in [5, 5.41) is 3.36. The van der Waals surface area contributed by atoms with Crippen LogP contribution in [0.3, 0.4) is 0 Å². The Hall–Kier alpha value is -2.76. The third-order valence-corrected chi connectivity index (χ3v) is 3.76. The second kappa shape index (κ2) is 9.65. The normalized spacial score (nSPS) is 11.4. The number of nitrogens with zero attached hydrogens (tertiary/aromatic N) is 3. The van der Waals surface area contributed by atoms with Crippen molar-refractivity contribution in [2.75, 3.05) is 21.2 Å². The fraction of sp³-hybridized carbons (Fsp3) is 0.400. The number of benzene rings is 1. The summed E-state index contributed by atoms with van der Waals surface area (Å²) in [4.78, 5) is 10.8. The molecule has 2 aromatic rings. The van der Waals surface area contributed by atoms with Crippen LogP contribution in [-0.2, 0) is 13.1 Å². The fourth-order valence-electron chi connectivity index (χ4n) is 2.47. The fourth-order valence-corrected chi connectivity index (χ4v) is 2.47. The largest absolute Gasteiger partial charge is 0.497 e. The van der Waals surface area contributed by atoms with Gasteiger partial charge in [-0.05, 0) is 37.1 Å². The molecule has 0 aliphatic rings. The molecule has 2 rings (SSSR count). The van der Waals surface area contributed by atoms with E-state index >= 15 is 0 Å². The maximum absolute atomic E-state index is 5.56. The van der Waals surface area contributed by atoms with Crippen LogP contribution in [0, 0.1) is 0 Å². The van der Waals surface area contributed by atoms with Gasteiger partial charge in [-0.15, -0.1) is 0 Å². The van der Waals surface area contributed by atoms with E-state index in [0.717, 1.165) is 23.8 Å². The van der Waals surface area contributed by atoms with E-state index in [1.54, 1.807) is 14.2 Å². The SMILES string of the molecule is CN=C(NCc1ccc(OC(C)C)nc1)N(C)Cc1ccc(OC)cc1. The smallest absolute Gasteiger partial charge is 0.213 e. The van der Waals surface area contributed by atoms with Crippen molar-refractivity contribution in [3.8, 4) is 11.6 Å². The number of aliphatic imine (C=N–C) groups is 1. The maximum Gasteiger partial charge on any atom is 0.213 e. The Kier molecular flexibility index (Phi) is 7.26. The van der Waals surface area contributed by atoms with Gasteiger partial charge in [0.1, 0.15) is 5.75 Å². The first-order valence-corrected chi connectivity index (χ1v) is 8.68. The summed E-state index contributed by atoms with van der Waals surface area (Å²) in [5.41, 5.74) is 2.26. The Balaban J connectivity index is 1.89. The number of rotatable bonds is 7. The number of hydrogen-bond donors (Lipinski definition) is 1. The Morgan fingerprint density at radius 1 is 1.15 bits per heavy atom. The third-order valence-electron chi connectivity index (χ3n) is 3.76. The van der Waals surface area contributed by atoms with Gasteiger partial charge in [0.2, 0.25) is 5.88 Å². The van der Waals surface area contributed by atoms with E-state index in [4.69, 9.17) is 9.47 Å². The zero-order chi connectivity index (χ0) is 18.9. The van der Waals surface area contributed by atoms with E-state index < -0.39 is 0 Å². The van der Waals surface area contributed by atoms with Gasteiger partial charge in [-0.3, -0.25) is 4.99 Å². The number of ether oxygens (including phenoxy) is 2. The Morgan fingerprint density at radius 3 is 2.38 bits per heavy atom. The van der Waals surface area contributed by atoms with Gasteiger partial charge in [0.15, 0.2) is 5.96 Å². The van der Waals surface area contributed by atoms with Crippen molar-refractivity contribution >= 4 is 5.96 Å². The molecule has 0 fully saturated rings. The molecular formula is C20H28N4O2. The molecule has 1 heterocycles. The summed E-state index contributed by atoms with van der Waals surface area (Å²) in [7, 11) is 5.46. The highest BCUT2D eigenvalue weighted by atomic mass is 16.5. The van der Waals surface area contributed by atoms with Gasteiger partial charge in [0.25, 0.3) is 0 Å². The quantitative estimate of drug-likeness (QED) is 0.610. The number of nitrogens with one attached hydrogen (secondary N) is 1. The first kappa shape index (κ1) is 19.6. The van der Waals surface area contributed by atoms with Crippen molar-refractivity contribution < 1.29 is 9.47 Å². The molecule has 0 unspecified atom stereocenters. The van der Waals surface area contributed by atoms with Crippen LogP contribution < -0.4 is 14.8 Å². The zero-order valence-electron chi connectivity index (χ0n) is 16.2. The molecule has 0 saturated heterocycles. The molecule has 0 bridgehead atoms. The summed E-state index contributed by atoms with van der Waals surface area (Å²) < 4.78 is 10.8. The number of guanidine groups is 1. The molecule has 1 aromatic heterocycles. The molecule has 6 heteroatoms. The van der Waals surface area contributed by atoms with Crippen LogP contribution in [0.1, 0.15) is 25.0 Å². The first-order chi connectivity index (χ1) is 12.5. The van der Waals surface area contributed by atoms with Crippen molar-refractivity contribution in [3.63, 3.8) is 0 Å². The molecule has 1 N–H and O–H groups in total.